The third kappa shape index (κ3) is 3.62. The maximum Gasteiger partial charge on any atom is 0.160 e. The molecule has 5 heteroatoms. The molecule has 0 bridgehead atoms. The molecular weight excluding hydrogens is 352 g/mol. The highest BCUT2D eigenvalue weighted by atomic mass is 79.9. The fourth-order valence-corrected chi connectivity index (χ4v) is 2.41. The summed E-state index contributed by atoms with van der Waals surface area (Å²) in [5.41, 5.74) is 2.98. The van der Waals surface area contributed by atoms with Crippen molar-refractivity contribution in [3.63, 3.8) is 0 Å². The second kappa shape index (κ2) is 6.12. The molecule has 0 atom stereocenters. The highest BCUT2D eigenvalue weighted by Gasteiger charge is 2.07. The first kappa shape index (κ1) is 14.6. The Bertz CT molecular complexity index is 593. The minimum absolute atomic E-state index is 0.0157. The van der Waals surface area contributed by atoms with Gasteiger partial charge >= 0.3 is 0 Å². The fraction of sp³-hybridized carbons (Fsp3) is 0.143. The summed E-state index contributed by atoms with van der Waals surface area (Å²) >= 11 is 14.9. The zero-order valence-electron chi connectivity index (χ0n) is 10.1. The van der Waals surface area contributed by atoms with E-state index in [0.29, 0.717) is 12.2 Å². The lowest BCUT2D eigenvalue weighted by Gasteiger charge is -2.09. The number of hydrogen-bond acceptors (Lipinski definition) is 1. The van der Waals surface area contributed by atoms with E-state index >= 15 is 0 Å². The van der Waals surface area contributed by atoms with Gasteiger partial charge < -0.3 is 5.32 Å². The lowest BCUT2D eigenvalue weighted by Crippen LogP contribution is -2.00. The SMILES string of the molecule is Cc1cc(CNc2cc(Cl)c(F)c(Cl)c2)ccc1Br. The van der Waals surface area contributed by atoms with Gasteiger partial charge in [0.2, 0.25) is 0 Å². The summed E-state index contributed by atoms with van der Waals surface area (Å²) in [6.07, 6.45) is 0. The number of hydrogen-bond donors (Lipinski definition) is 1. The van der Waals surface area contributed by atoms with Crippen molar-refractivity contribution in [3.05, 3.63) is 61.8 Å². The minimum atomic E-state index is -0.589. The Morgan fingerprint density at radius 2 is 1.79 bits per heavy atom. The molecule has 0 aliphatic rings. The van der Waals surface area contributed by atoms with E-state index in [2.05, 4.69) is 27.3 Å². The summed E-state index contributed by atoms with van der Waals surface area (Å²) in [6.45, 7) is 2.64. The molecule has 0 aliphatic heterocycles. The predicted octanol–water partition coefficient (Wildman–Crippen LogP) is 5.82. The van der Waals surface area contributed by atoms with Crippen LogP contribution >= 0.6 is 39.1 Å². The summed E-state index contributed by atoms with van der Waals surface area (Å²) in [5.74, 6) is -0.589. The fourth-order valence-electron chi connectivity index (χ4n) is 1.68. The van der Waals surface area contributed by atoms with Crippen LogP contribution in [0, 0.1) is 12.7 Å². The molecule has 2 rings (SSSR count). The van der Waals surface area contributed by atoms with Crippen molar-refractivity contribution in [1.82, 2.24) is 0 Å². The number of aryl methyl sites for hydroxylation is 1. The van der Waals surface area contributed by atoms with Crippen molar-refractivity contribution in [1.29, 1.82) is 0 Å². The lowest BCUT2D eigenvalue weighted by atomic mass is 10.1. The largest absolute Gasteiger partial charge is 0.381 e. The van der Waals surface area contributed by atoms with Gasteiger partial charge in [-0.25, -0.2) is 4.39 Å². The molecule has 0 fully saturated rings. The first-order chi connectivity index (χ1) is 8.97. The normalized spacial score (nSPS) is 10.6. The Balaban J connectivity index is 2.12. The molecule has 2 aromatic carbocycles. The van der Waals surface area contributed by atoms with E-state index in [0.717, 1.165) is 15.6 Å². The summed E-state index contributed by atoms with van der Waals surface area (Å²) < 4.78 is 14.3. The van der Waals surface area contributed by atoms with E-state index in [1.807, 2.05) is 19.1 Å². The van der Waals surface area contributed by atoms with Gasteiger partial charge in [0.1, 0.15) is 0 Å². The number of anilines is 1. The molecular formula is C14H11BrCl2FN. The maximum absolute atomic E-state index is 13.3. The van der Waals surface area contributed by atoms with E-state index in [1.54, 1.807) is 0 Å². The van der Waals surface area contributed by atoms with E-state index in [1.165, 1.54) is 12.1 Å². The Morgan fingerprint density at radius 1 is 1.16 bits per heavy atom. The Morgan fingerprint density at radius 3 is 2.37 bits per heavy atom. The molecule has 0 aromatic heterocycles. The third-order valence-corrected chi connectivity index (χ3v) is 4.14. The molecule has 100 valence electrons. The van der Waals surface area contributed by atoms with Gasteiger partial charge in [-0.05, 0) is 36.2 Å². The molecule has 0 aliphatic carbocycles. The summed E-state index contributed by atoms with van der Waals surface area (Å²) in [7, 11) is 0. The van der Waals surface area contributed by atoms with Crippen molar-refractivity contribution in [2.45, 2.75) is 13.5 Å². The molecule has 1 nitrogen and oxygen atoms in total. The number of nitrogens with one attached hydrogen (secondary N) is 1. The van der Waals surface area contributed by atoms with Crippen molar-refractivity contribution >= 4 is 44.8 Å². The Labute approximate surface area is 129 Å². The van der Waals surface area contributed by atoms with Gasteiger partial charge in [0.25, 0.3) is 0 Å². The van der Waals surface area contributed by atoms with Crippen LogP contribution in [0.25, 0.3) is 0 Å². The van der Waals surface area contributed by atoms with Gasteiger partial charge in [0.15, 0.2) is 5.82 Å². The van der Waals surface area contributed by atoms with Crippen molar-refractivity contribution in [2.75, 3.05) is 5.32 Å². The molecule has 1 N–H and O–H groups in total. The van der Waals surface area contributed by atoms with E-state index in [9.17, 15) is 4.39 Å². The van der Waals surface area contributed by atoms with E-state index in [4.69, 9.17) is 23.2 Å². The molecule has 0 heterocycles. The average molecular weight is 363 g/mol. The van der Waals surface area contributed by atoms with Crippen LogP contribution in [0.5, 0.6) is 0 Å². The van der Waals surface area contributed by atoms with Crippen molar-refractivity contribution in [3.8, 4) is 0 Å². The zero-order valence-corrected chi connectivity index (χ0v) is 13.2. The van der Waals surface area contributed by atoms with Crippen molar-refractivity contribution < 1.29 is 4.39 Å². The maximum atomic E-state index is 13.3. The van der Waals surface area contributed by atoms with E-state index in [-0.39, 0.29) is 10.0 Å². The molecule has 0 amide bonds. The number of benzene rings is 2. The van der Waals surface area contributed by atoms with Gasteiger partial charge in [-0.3, -0.25) is 0 Å². The van der Waals surface area contributed by atoms with Crippen LogP contribution < -0.4 is 5.32 Å². The van der Waals surface area contributed by atoms with Gasteiger partial charge in [-0.15, -0.1) is 0 Å². The average Bonchev–Trinajstić information content (AvgIpc) is 2.37. The molecule has 0 saturated heterocycles. The molecule has 0 spiro atoms. The molecule has 2 aromatic rings. The Hall–Kier alpha value is -0.770. The zero-order chi connectivity index (χ0) is 14.0. The van der Waals surface area contributed by atoms with Crippen LogP contribution in [0.3, 0.4) is 0 Å². The Kier molecular flexibility index (Phi) is 4.71. The quantitative estimate of drug-likeness (QED) is 0.678. The van der Waals surface area contributed by atoms with Gasteiger partial charge in [0, 0.05) is 16.7 Å². The molecule has 19 heavy (non-hydrogen) atoms. The summed E-state index contributed by atoms with van der Waals surface area (Å²) in [4.78, 5) is 0. The second-order valence-corrected chi connectivity index (χ2v) is 5.86. The second-order valence-electron chi connectivity index (χ2n) is 4.19. The number of halogens is 4. The van der Waals surface area contributed by atoms with Gasteiger partial charge in [-0.2, -0.15) is 0 Å². The van der Waals surface area contributed by atoms with Crippen LogP contribution in [0.4, 0.5) is 10.1 Å². The number of rotatable bonds is 3. The summed E-state index contributed by atoms with van der Waals surface area (Å²) in [6, 6.07) is 9.13. The van der Waals surface area contributed by atoms with Crippen LogP contribution in [0.15, 0.2) is 34.8 Å². The molecule has 0 unspecified atom stereocenters. The van der Waals surface area contributed by atoms with Crippen LogP contribution in [-0.2, 0) is 6.54 Å². The first-order valence-corrected chi connectivity index (χ1v) is 7.15. The first-order valence-electron chi connectivity index (χ1n) is 5.61. The molecule has 0 radical (unpaired) electrons. The van der Waals surface area contributed by atoms with Gasteiger partial charge in [-0.1, -0.05) is 51.3 Å². The monoisotopic (exact) mass is 361 g/mol. The predicted molar refractivity (Wildman–Crippen MR) is 82.6 cm³/mol. The minimum Gasteiger partial charge on any atom is -0.381 e. The van der Waals surface area contributed by atoms with Crippen LogP contribution in [0.2, 0.25) is 10.0 Å². The topological polar surface area (TPSA) is 12.0 Å². The van der Waals surface area contributed by atoms with Crippen LogP contribution in [-0.4, -0.2) is 0 Å². The highest BCUT2D eigenvalue weighted by molar-refractivity contribution is 9.10. The molecule has 0 saturated carbocycles. The van der Waals surface area contributed by atoms with Gasteiger partial charge in [0.05, 0.1) is 10.0 Å². The third-order valence-electron chi connectivity index (χ3n) is 2.70. The highest BCUT2D eigenvalue weighted by Crippen LogP contribution is 2.27. The van der Waals surface area contributed by atoms with Crippen molar-refractivity contribution in [2.24, 2.45) is 0 Å². The summed E-state index contributed by atoms with van der Waals surface area (Å²) in [5, 5.41) is 3.20. The standard InChI is InChI=1S/C14H11BrCl2FN/c1-8-4-9(2-3-11(8)15)7-19-10-5-12(16)14(18)13(17)6-10/h2-6,19H,7H2,1H3. The van der Waals surface area contributed by atoms with E-state index < -0.39 is 5.82 Å². The van der Waals surface area contributed by atoms with Crippen LogP contribution in [0.1, 0.15) is 11.1 Å². The smallest absolute Gasteiger partial charge is 0.160 e. The lowest BCUT2D eigenvalue weighted by molar-refractivity contribution is 0.629.